The van der Waals surface area contributed by atoms with E-state index in [1.165, 1.54) is 0 Å². The maximum Gasteiger partial charge on any atom is 0.236 e. The van der Waals surface area contributed by atoms with Crippen LogP contribution in [0.1, 0.15) is 18.4 Å². The second-order valence-electron chi connectivity index (χ2n) is 5.47. The summed E-state index contributed by atoms with van der Waals surface area (Å²) >= 11 is 0. The summed E-state index contributed by atoms with van der Waals surface area (Å²) < 4.78 is 1.89. The standard InChI is InChI=1S/C17H15N3O/c21-16(17(9-10-17)13-5-2-1-3-6-13)19-15-8-4-7-14-18-11-12-20(14)15/h1-8,11-12H,9-10H2,(H,19,21). The fourth-order valence-corrected chi connectivity index (χ4v) is 2.81. The molecule has 0 bridgehead atoms. The lowest BCUT2D eigenvalue weighted by atomic mass is 9.95. The summed E-state index contributed by atoms with van der Waals surface area (Å²) in [5, 5.41) is 3.06. The molecule has 1 aliphatic carbocycles. The zero-order valence-corrected chi connectivity index (χ0v) is 11.5. The van der Waals surface area contributed by atoms with Crippen molar-refractivity contribution < 1.29 is 4.79 Å². The molecule has 0 radical (unpaired) electrons. The van der Waals surface area contributed by atoms with Crippen LogP contribution in [0.25, 0.3) is 5.65 Å². The summed E-state index contributed by atoms with van der Waals surface area (Å²) in [6, 6.07) is 15.7. The molecular formula is C17H15N3O. The lowest BCUT2D eigenvalue weighted by molar-refractivity contribution is -0.118. The molecule has 1 amide bonds. The highest BCUT2D eigenvalue weighted by Crippen LogP contribution is 2.48. The zero-order valence-electron chi connectivity index (χ0n) is 11.5. The van der Waals surface area contributed by atoms with Crippen molar-refractivity contribution in [3.8, 4) is 0 Å². The Balaban J connectivity index is 1.66. The number of hydrogen-bond acceptors (Lipinski definition) is 2. The molecule has 1 aliphatic rings. The largest absolute Gasteiger partial charge is 0.311 e. The van der Waals surface area contributed by atoms with E-state index in [9.17, 15) is 4.79 Å². The Hall–Kier alpha value is -2.62. The van der Waals surface area contributed by atoms with Crippen LogP contribution in [0.2, 0.25) is 0 Å². The first-order valence-corrected chi connectivity index (χ1v) is 7.09. The molecular weight excluding hydrogens is 262 g/mol. The molecule has 104 valence electrons. The Labute approximate surface area is 122 Å². The van der Waals surface area contributed by atoms with Crippen molar-refractivity contribution in [2.45, 2.75) is 18.3 Å². The number of benzene rings is 1. The normalized spacial score (nSPS) is 15.8. The number of fused-ring (bicyclic) bond motifs is 1. The lowest BCUT2D eigenvalue weighted by Gasteiger charge is -2.16. The third-order valence-corrected chi connectivity index (χ3v) is 4.18. The molecule has 2 aromatic heterocycles. The molecule has 0 aliphatic heterocycles. The van der Waals surface area contributed by atoms with Gasteiger partial charge >= 0.3 is 0 Å². The Morgan fingerprint density at radius 2 is 1.90 bits per heavy atom. The number of imidazole rings is 1. The predicted octanol–water partition coefficient (Wildman–Crippen LogP) is 3.00. The summed E-state index contributed by atoms with van der Waals surface area (Å²) in [4.78, 5) is 17.0. The van der Waals surface area contributed by atoms with Gasteiger partial charge in [0.05, 0.1) is 5.41 Å². The molecule has 0 atom stereocenters. The Morgan fingerprint density at radius 3 is 2.67 bits per heavy atom. The maximum atomic E-state index is 12.7. The van der Waals surface area contributed by atoms with Crippen LogP contribution in [-0.2, 0) is 10.2 Å². The second kappa shape index (κ2) is 4.45. The van der Waals surface area contributed by atoms with Gasteiger partial charge in [-0.15, -0.1) is 0 Å². The van der Waals surface area contributed by atoms with Crippen LogP contribution in [0.5, 0.6) is 0 Å². The molecule has 1 saturated carbocycles. The van der Waals surface area contributed by atoms with E-state index in [0.29, 0.717) is 0 Å². The summed E-state index contributed by atoms with van der Waals surface area (Å²) in [7, 11) is 0. The van der Waals surface area contributed by atoms with Gasteiger partial charge in [-0.25, -0.2) is 4.98 Å². The molecule has 1 N–H and O–H groups in total. The Bertz CT molecular complexity index is 803. The van der Waals surface area contributed by atoms with Gasteiger partial charge in [0, 0.05) is 12.4 Å². The summed E-state index contributed by atoms with van der Waals surface area (Å²) in [6.07, 6.45) is 5.40. The van der Waals surface area contributed by atoms with E-state index in [1.807, 2.05) is 59.1 Å². The van der Waals surface area contributed by atoms with Gasteiger partial charge in [-0.05, 0) is 30.5 Å². The number of nitrogens with one attached hydrogen (secondary N) is 1. The fraction of sp³-hybridized carbons (Fsp3) is 0.176. The monoisotopic (exact) mass is 277 g/mol. The average Bonchev–Trinajstić information content (AvgIpc) is 3.20. The molecule has 2 heterocycles. The number of rotatable bonds is 3. The number of amides is 1. The SMILES string of the molecule is O=C(Nc1cccc2nccn12)C1(c2ccccc2)CC1. The topological polar surface area (TPSA) is 46.4 Å². The molecule has 1 aromatic carbocycles. The van der Waals surface area contributed by atoms with Gasteiger partial charge in [0.2, 0.25) is 5.91 Å². The second-order valence-corrected chi connectivity index (χ2v) is 5.47. The highest BCUT2D eigenvalue weighted by atomic mass is 16.2. The molecule has 21 heavy (non-hydrogen) atoms. The van der Waals surface area contributed by atoms with E-state index in [4.69, 9.17) is 0 Å². The van der Waals surface area contributed by atoms with E-state index in [1.54, 1.807) is 6.20 Å². The van der Waals surface area contributed by atoms with Crippen molar-refractivity contribution in [1.29, 1.82) is 0 Å². The van der Waals surface area contributed by atoms with Crippen LogP contribution >= 0.6 is 0 Å². The number of nitrogens with zero attached hydrogens (tertiary/aromatic N) is 2. The van der Waals surface area contributed by atoms with Crippen LogP contribution in [-0.4, -0.2) is 15.3 Å². The molecule has 0 saturated heterocycles. The maximum absolute atomic E-state index is 12.7. The Kier molecular flexibility index (Phi) is 2.57. The van der Waals surface area contributed by atoms with Gasteiger partial charge in [-0.1, -0.05) is 36.4 Å². The van der Waals surface area contributed by atoms with Crippen molar-refractivity contribution >= 4 is 17.4 Å². The molecule has 4 rings (SSSR count). The Morgan fingerprint density at radius 1 is 1.10 bits per heavy atom. The first-order valence-electron chi connectivity index (χ1n) is 7.09. The minimum atomic E-state index is -0.357. The minimum Gasteiger partial charge on any atom is -0.311 e. The van der Waals surface area contributed by atoms with Crippen LogP contribution in [0.3, 0.4) is 0 Å². The number of carbonyl (C=O) groups excluding carboxylic acids is 1. The summed E-state index contributed by atoms with van der Waals surface area (Å²) in [5.74, 6) is 0.826. The number of pyridine rings is 1. The summed E-state index contributed by atoms with van der Waals surface area (Å²) in [5.41, 5.74) is 1.57. The average molecular weight is 277 g/mol. The lowest BCUT2D eigenvalue weighted by Crippen LogP contribution is -2.28. The smallest absolute Gasteiger partial charge is 0.236 e. The van der Waals surface area contributed by atoms with Gasteiger partial charge in [-0.3, -0.25) is 9.20 Å². The first kappa shape index (κ1) is 12.1. The summed E-state index contributed by atoms with van der Waals surface area (Å²) in [6.45, 7) is 0. The van der Waals surface area contributed by atoms with Crippen LogP contribution < -0.4 is 5.32 Å². The van der Waals surface area contributed by atoms with Crippen LogP contribution in [0.4, 0.5) is 5.82 Å². The first-order chi connectivity index (χ1) is 10.3. The van der Waals surface area contributed by atoms with Crippen molar-refractivity contribution in [2.75, 3.05) is 5.32 Å². The van der Waals surface area contributed by atoms with E-state index in [2.05, 4.69) is 10.3 Å². The zero-order chi connectivity index (χ0) is 14.3. The predicted molar refractivity (Wildman–Crippen MR) is 81.2 cm³/mol. The van der Waals surface area contributed by atoms with Gasteiger partial charge < -0.3 is 5.32 Å². The third-order valence-electron chi connectivity index (χ3n) is 4.18. The van der Waals surface area contributed by atoms with Crippen molar-refractivity contribution in [1.82, 2.24) is 9.38 Å². The van der Waals surface area contributed by atoms with Gasteiger partial charge in [0.15, 0.2) is 0 Å². The highest BCUT2D eigenvalue weighted by molar-refractivity contribution is 6.01. The van der Waals surface area contributed by atoms with Crippen LogP contribution in [0.15, 0.2) is 60.9 Å². The number of hydrogen-bond donors (Lipinski definition) is 1. The van der Waals surface area contributed by atoms with E-state index >= 15 is 0 Å². The van der Waals surface area contributed by atoms with E-state index < -0.39 is 0 Å². The van der Waals surface area contributed by atoms with Crippen molar-refractivity contribution in [3.63, 3.8) is 0 Å². The fourth-order valence-electron chi connectivity index (χ4n) is 2.81. The molecule has 4 heteroatoms. The molecule has 4 nitrogen and oxygen atoms in total. The van der Waals surface area contributed by atoms with E-state index in [-0.39, 0.29) is 11.3 Å². The molecule has 3 aromatic rings. The number of anilines is 1. The number of carbonyl (C=O) groups is 1. The van der Waals surface area contributed by atoms with Gasteiger partial charge in [0.1, 0.15) is 11.5 Å². The minimum absolute atomic E-state index is 0.0647. The molecule has 1 fully saturated rings. The molecule has 0 unspecified atom stereocenters. The van der Waals surface area contributed by atoms with Crippen molar-refractivity contribution in [2.24, 2.45) is 0 Å². The van der Waals surface area contributed by atoms with Crippen molar-refractivity contribution in [3.05, 3.63) is 66.5 Å². The molecule has 0 spiro atoms. The highest BCUT2D eigenvalue weighted by Gasteiger charge is 2.51. The number of aromatic nitrogens is 2. The quantitative estimate of drug-likeness (QED) is 0.800. The van der Waals surface area contributed by atoms with Gasteiger partial charge in [0.25, 0.3) is 0 Å². The van der Waals surface area contributed by atoms with Gasteiger partial charge in [-0.2, -0.15) is 0 Å². The van der Waals surface area contributed by atoms with E-state index in [0.717, 1.165) is 29.9 Å². The van der Waals surface area contributed by atoms with Crippen LogP contribution in [0, 0.1) is 0 Å². The third kappa shape index (κ3) is 1.91.